The summed E-state index contributed by atoms with van der Waals surface area (Å²) in [6.45, 7) is 1.90. The molecule has 2 aromatic heterocycles. The molecule has 0 spiro atoms. The van der Waals surface area contributed by atoms with Gasteiger partial charge in [0.25, 0.3) is 0 Å². The SMILES string of the molecule is Cc1ccc(Cl)cc1NC(=O)Cc1nnc(-c2ccsc2)o1. The van der Waals surface area contributed by atoms with Gasteiger partial charge in [0, 0.05) is 21.7 Å². The lowest BCUT2D eigenvalue weighted by atomic mass is 10.2. The number of hydrogen-bond donors (Lipinski definition) is 1. The first-order valence-electron chi connectivity index (χ1n) is 6.53. The van der Waals surface area contributed by atoms with E-state index in [0.717, 1.165) is 11.1 Å². The predicted molar refractivity (Wildman–Crippen MR) is 86.1 cm³/mol. The molecule has 0 saturated heterocycles. The number of aromatic nitrogens is 2. The summed E-state index contributed by atoms with van der Waals surface area (Å²) < 4.78 is 5.49. The van der Waals surface area contributed by atoms with Gasteiger partial charge in [-0.15, -0.1) is 10.2 Å². The first kappa shape index (κ1) is 14.7. The van der Waals surface area contributed by atoms with Crippen molar-refractivity contribution in [3.8, 4) is 11.5 Å². The van der Waals surface area contributed by atoms with Gasteiger partial charge in [0.15, 0.2) is 0 Å². The smallest absolute Gasteiger partial charge is 0.248 e. The summed E-state index contributed by atoms with van der Waals surface area (Å²) in [7, 11) is 0. The number of hydrogen-bond acceptors (Lipinski definition) is 5. The molecule has 3 rings (SSSR count). The summed E-state index contributed by atoms with van der Waals surface area (Å²) in [6.07, 6.45) is 0.0170. The van der Waals surface area contributed by atoms with Crippen molar-refractivity contribution in [1.82, 2.24) is 10.2 Å². The second-order valence-electron chi connectivity index (χ2n) is 4.70. The molecule has 22 heavy (non-hydrogen) atoms. The van der Waals surface area contributed by atoms with Crippen molar-refractivity contribution in [3.05, 3.63) is 51.5 Å². The van der Waals surface area contributed by atoms with Crippen molar-refractivity contribution in [1.29, 1.82) is 0 Å². The van der Waals surface area contributed by atoms with Gasteiger partial charge in [0.05, 0.1) is 0 Å². The molecule has 3 aromatic rings. The minimum Gasteiger partial charge on any atom is -0.420 e. The molecule has 0 atom stereocenters. The highest BCUT2D eigenvalue weighted by molar-refractivity contribution is 7.08. The van der Waals surface area contributed by atoms with Crippen LogP contribution in [0.2, 0.25) is 5.02 Å². The van der Waals surface area contributed by atoms with E-state index in [1.54, 1.807) is 23.5 Å². The summed E-state index contributed by atoms with van der Waals surface area (Å²) in [5.41, 5.74) is 2.46. The van der Waals surface area contributed by atoms with E-state index in [1.165, 1.54) is 0 Å². The number of halogens is 1. The fourth-order valence-corrected chi connectivity index (χ4v) is 2.69. The summed E-state index contributed by atoms with van der Waals surface area (Å²) in [6, 6.07) is 7.22. The van der Waals surface area contributed by atoms with E-state index < -0.39 is 0 Å². The third-order valence-corrected chi connectivity index (χ3v) is 3.94. The fraction of sp³-hybridized carbons (Fsp3) is 0.133. The topological polar surface area (TPSA) is 68.0 Å². The van der Waals surface area contributed by atoms with E-state index in [-0.39, 0.29) is 18.2 Å². The lowest BCUT2D eigenvalue weighted by Crippen LogP contribution is -2.15. The second-order valence-corrected chi connectivity index (χ2v) is 5.91. The van der Waals surface area contributed by atoms with Crippen molar-refractivity contribution >= 4 is 34.5 Å². The molecule has 0 bridgehead atoms. The van der Waals surface area contributed by atoms with Gasteiger partial charge in [-0.25, -0.2) is 0 Å². The normalized spacial score (nSPS) is 10.6. The molecule has 1 amide bonds. The Hall–Kier alpha value is -2.18. The van der Waals surface area contributed by atoms with Crippen molar-refractivity contribution in [2.45, 2.75) is 13.3 Å². The standard InChI is InChI=1S/C15H12ClN3O2S/c1-9-2-3-11(16)6-12(9)17-13(20)7-14-18-19-15(21-14)10-4-5-22-8-10/h2-6,8H,7H2,1H3,(H,17,20). The van der Waals surface area contributed by atoms with Gasteiger partial charge in [-0.3, -0.25) is 4.79 Å². The average molecular weight is 334 g/mol. The van der Waals surface area contributed by atoms with Crippen LogP contribution < -0.4 is 5.32 Å². The molecule has 0 saturated carbocycles. The molecule has 112 valence electrons. The van der Waals surface area contributed by atoms with Crippen molar-refractivity contribution in [2.75, 3.05) is 5.32 Å². The van der Waals surface area contributed by atoms with Gasteiger partial charge in [-0.1, -0.05) is 17.7 Å². The summed E-state index contributed by atoms with van der Waals surface area (Å²) in [5.74, 6) is 0.465. The fourth-order valence-electron chi connectivity index (χ4n) is 1.89. The van der Waals surface area contributed by atoms with E-state index in [0.29, 0.717) is 16.6 Å². The summed E-state index contributed by atoms with van der Waals surface area (Å²) >= 11 is 7.47. The quantitative estimate of drug-likeness (QED) is 0.785. The van der Waals surface area contributed by atoms with Gasteiger partial charge in [-0.05, 0) is 36.1 Å². The number of nitrogens with zero attached hydrogens (tertiary/aromatic N) is 2. The number of rotatable bonds is 4. The lowest BCUT2D eigenvalue weighted by Gasteiger charge is -2.07. The highest BCUT2D eigenvalue weighted by Crippen LogP contribution is 2.22. The van der Waals surface area contributed by atoms with Crippen LogP contribution in [0.15, 0.2) is 39.4 Å². The number of carbonyl (C=O) groups excluding carboxylic acids is 1. The lowest BCUT2D eigenvalue weighted by molar-refractivity contribution is -0.115. The number of aryl methyl sites for hydroxylation is 1. The number of anilines is 1. The van der Waals surface area contributed by atoms with Crippen LogP contribution in [0.5, 0.6) is 0 Å². The molecule has 2 heterocycles. The van der Waals surface area contributed by atoms with E-state index >= 15 is 0 Å². The first-order chi connectivity index (χ1) is 10.6. The van der Waals surface area contributed by atoms with E-state index in [4.69, 9.17) is 16.0 Å². The van der Waals surface area contributed by atoms with E-state index in [1.807, 2.05) is 29.8 Å². The molecular weight excluding hydrogens is 322 g/mol. The third-order valence-electron chi connectivity index (χ3n) is 3.02. The van der Waals surface area contributed by atoms with E-state index in [9.17, 15) is 4.79 Å². The van der Waals surface area contributed by atoms with E-state index in [2.05, 4.69) is 15.5 Å². The maximum atomic E-state index is 12.1. The number of nitrogens with one attached hydrogen (secondary N) is 1. The molecule has 1 aromatic carbocycles. The molecule has 0 aliphatic carbocycles. The minimum atomic E-state index is -0.231. The molecule has 5 nitrogen and oxygen atoms in total. The number of thiophene rings is 1. The van der Waals surface area contributed by atoms with Crippen LogP contribution in [0.3, 0.4) is 0 Å². The predicted octanol–water partition coefficient (Wildman–Crippen LogP) is 3.94. The van der Waals surface area contributed by atoms with Crippen LogP contribution in [-0.2, 0) is 11.2 Å². The molecule has 0 radical (unpaired) electrons. The van der Waals surface area contributed by atoms with Gasteiger partial charge in [0.2, 0.25) is 17.7 Å². The maximum absolute atomic E-state index is 12.1. The molecule has 0 aliphatic rings. The Labute approximate surface area is 135 Å². The van der Waals surface area contributed by atoms with Crippen molar-refractivity contribution in [3.63, 3.8) is 0 Å². The number of amides is 1. The molecule has 0 aliphatic heterocycles. The largest absolute Gasteiger partial charge is 0.420 e. The van der Waals surface area contributed by atoms with Crippen LogP contribution in [0.25, 0.3) is 11.5 Å². The van der Waals surface area contributed by atoms with Gasteiger partial charge >= 0.3 is 0 Å². The zero-order chi connectivity index (χ0) is 15.5. The first-order valence-corrected chi connectivity index (χ1v) is 7.85. The zero-order valence-corrected chi connectivity index (χ0v) is 13.2. The Morgan fingerprint density at radius 2 is 2.23 bits per heavy atom. The van der Waals surface area contributed by atoms with Crippen LogP contribution in [-0.4, -0.2) is 16.1 Å². The Morgan fingerprint density at radius 1 is 1.36 bits per heavy atom. The monoisotopic (exact) mass is 333 g/mol. The zero-order valence-electron chi connectivity index (χ0n) is 11.7. The Bertz CT molecular complexity index is 799. The van der Waals surface area contributed by atoms with Crippen LogP contribution >= 0.6 is 22.9 Å². The number of carbonyl (C=O) groups is 1. The van der Waals surface area contributed by atoms with Crippen molar-refractivity contribution in [2.24, 2.45) is 0 Å². The molecule has 0 unspecified atom stereocenters. The summed E-state index contributed by atoms with van der Waals surface area (Å²) in [4.78, 5) is 12.1. The highest BCUT2D eigenvalue weighted by Gasteiger charge is 2.13. The Kier molecular flexibility index (Phi) is 4.22. The van der Waals surface area contributed by atoms with Gasteiger partial charge < -0.3 is 9.73 Å². The molecule has 7 heteroatoms. The van der Waals surface area contributed by atoms with Crippen LogP contribution in [0.1, 0.15) is 11.5 Å². The molecular formula is C15H12ClN3O2S. The van der Waals surface area contributed by atoms with Gasteiger partial charge in [0.1, 0.15) is 6.42 Å². The minimum absolute atomic E-state index is 0.0170. The average Bonchev–Trinajstić information content (AvgIpc) is 3.13. The molecule has 1 N–H and O–H groups in total. The Morgan fingerprint density at radius 3 is 3.00 bits per heavy atom. The molecule has 0 fully saturated rings. The third kappa shape index (κ3) is 3.35. The van der Waals surface area contributed by atoms with Crippen LogP contribution in [0, 0.1) is 6.92 Å². The number of benzene rings is 1. The van der Waals surface area contributed by atoms with Crippen LogP contribution in [0.4, 0.5) is 5.69 Å². The highest BCUT2D eigenvalue weighted by atomic mass is 35.5. The Balaban J connectivity index is 1.68. The second kappa shape index (κ2) is 6.29. The maximum Gasteiger partial charge on any atom is 0.248 e. The van der Waals surface area contributed by atoms with Crippen molar-refractivity contribution < 1.29 is 9.21 Å². The summed E-state index contributed by atoms with van der Waals surface area (Å²) in [5, 5.41) is 15.0. The van der Waals surface area contributed by atoms with Gasteiger partial charge in [-0.2, -0.15) is 11.3 Å².